The number of halogens is 1. The van der Waals surface area contributed by atoms with Gasteiger partial charge in [-0.25, -0.2) is 4.39 Å². The normalized spacial score (nSPS) is 15.3. The molecule has 6 heteroatoms. The maximum absolute atomic E-state index is 13.9. The van der Waals surface area contributed by atoms with Crippen LogP contribution in [-0.4, -0.2) is 37.0 Å². The summed E-state index contributed by atoms with van der Waals surface area (Å²) in [6.45, 7) is 4.25. The third-order valence-corrected chi connectivity index (χ3v) is 5.48. The predicted molar refractivity (Wildman–Crippen MR) is 98.7 cm³/mol. The summed E-state index contributed by atoms with van der Waals surface area (Å²) < 4.78 is 19.5. The number of nitrogens with one attached hydrogen (secondary N) is 1. The van der Waals surface area contributed by atoms with Gasteiger partial charge in [0.1, 0.15) is 18.1 Å². The zero-order valence-corrected chi connectivity index (χ0v) is 15.1. The highest BCUT2D eigenvalue weighted by Gasteiger charge is 2.26. The van der Waals surface area contributed by atoms with E-state index in [9.17, 15) is 9.18 Å². The number of rotatable bonds is 4. The minimum absolute atomic E-state index is 0.123. The summed E-state index contributed by atoms with van der Waals surface area (Å²) in [5.74, 6) is 0.173. The number of furan rings is 1. The summed E-state index contributed by atoms with van der Waals surface area (Å²) >= 11 is 1.72. The smallest absolute Gasteiger partial charge is 0.289 e. The van der Waals surface area contributed by atoms with Gasteiger partial charge in [-0.1, -0.05) is 12.1 Å². The molecule has 0 atom stereocenters. The van der Waals surface area contributed by atoms with Crippen LogP contribution in [0, 0.1) is 5.82 Å². The van der Waals surface area contributed by atoms with Crippen LogP contribution in [-0.2, 0) is 6.54 Å². The Balaban J connectivity index is 1.39. The number of amides is 1. The van der Waals surface area contributed by atoms with Crippen molar-refractivity contribution in [3.8, 4) is 11.3 Å². The number of carbonyl (C=O) groups is 1. The molecular formula is C20H20FN2O2S+. The molecule has 0 saturated carbocycles. The van der Waals surface area contributed by atoms with Gasteiger partial charge in [0, 0.05) is 5.56 Å². The molecule has 3 heterocycles. The summed E-state index contributed by atoms with van der Waals surface area (Å²) in [6, 6.07) is 11.9. The molecule has 2 aromatic heterocycles. The SMILES string of the molecule is O=C(c1ccc(-c2ccccc2F)o1)N1CC[NH+](Cc2ccsc2)CC1. The lowest BCUT2D eigenvalue weighted by Gasteiger charge is -2.31. The highest BCUT2D eigenvalue weighted by atomic mass is 32.1. The van der Waals surface area contributed by atoms with Gasteiger partial charge in [0.25, 0.3) is 5.91 Å². The van der Waals surface area contributed by atoms with Crippen LogP contribution in [0.15, 0.2) is 57.6 Å². The average Bonchev–Trinajstić information content (AvgIpc) is 3.34. The van der Waals surface area contributed by atoms with E-state index < -0.39 is 0 Å². The van der Waals surface area contributed by atoms with Crippen LogP contribution in [0.25, 0.3) is 11.3 Å². The van der Waals surface area contributed by atoms with E-state index in [0.717, 1.165) is 19.6 Å². The molecule has 1 N–H and O–H groups in total. The van der Waals surface area contributed by atoms with Gasteiger partial charge in [-0.15, -0.1) is 0 Å². The number of thiophene rings is 1. The minimum atomic E-state index is -0.355. The summed E-state index contributed by atoms with van der Waals surface area (Å²) in [6.07, 6.45) is 0. The first-order valence-electron chi connectivity index (χ1n) is 8.69. The number of hydrogen-bond acceptors (Lipinski definition) is 3. The minimum Gasteiger partial charge on any atom is -0.451 e. The van der Waals surface area contributed by atoms with Crippen molar-refractivity contribution in [2.75, 3.05) is 26.2 Å². The molecule has 1 aromatic carbocycles. The lowest BCUT2D eigenvalue weighted by Crippen LogP contribution is -3.13. The lowest BCUT2D eigenvalue weighted by molar-refractivity contribution is -0.917. The van der Waals surface area contributed by atoms with E-state index in [1.54, 1.807) is 41.7 Å². The van der Waals surface area contributed by atoms with Crippen molar-refractivity contribution < 1.29 is 18.5 Å². The predicted octanol–water partition coefficient (Wildman–Crippen LogP) is 2.69. The number of piperazine rings is 1. The molecule has 0 aliphatic carbocycles. The first kappa shape index (κ1) is 17.0. The van der Waals surface area contributed by atoms with Crippen molar-refractivity contribution in [1.82, 2.24) is 4.90 Å². The Morgan fingerprint density at radius 1 is 1.15 bits per heavy atom. The van der Waals surface area contributed by atoms with Crippen LogP contribution >= 0.6 is 11.3 Å². The molecule has 4 rings (SSSR count). The number of hydrogen-bond donors (Lipinski definition) is 1. The maximum atomic E-state index is 13.9. The molecule has 26 heavy (non-hydrogen) atoms. The quantitative estimate of drug-likeness (QED) is 0.766. The maximum Gasteiger partial charge on any atom is 0.289 e. The van der Waals surface area contributed by atoms with E-state index in [1.807, 2.05) is 4.90 Å². The van der Waals surface area contributed by atoms with Gasteiger partial charge in [0.05, 0.1) is 31.7 Å². The van der Waals surface area contributed by atoms with Gasteiger partial charge in [-0.05, 0) is 41.1 Å². The van der Waals surface area contributed by atoms with Crippen molar-refractivity contribution in [3.05, 3.63) is 70.4 Å². The first-order chi connectivity index (χ1) is 12.7. The molecule has 4 nitrogen and oxygen atoms in total. The molecule has 0 radical (unpaired) electrons. The molecule has 0 spiro atoms. The second-order valence-electron chi connectivity index (χ2n) is 6.49. The molecule has 1 aliphatic rings. The Morgan fingerprint density at radius 2 is 1.96 bits per heavy atom. The summed E-state index contributed by atoms with van der Waals surface area (Å²) in [4.78, 5) is 16.0. The standard InChI is InChI=1S/C20H19FN2O2S/c21-17-4-2-1-3-16(17)18-5-6-19(25-18)20(24)23-10-8-22(9-11-23)13-15-7-12-26-14-15/h1-7,12,14H,8-11,13H2/p+1. The monoisotopic (exact) mass is 371 g/mol. The van der Waals surface area contributed by atoms with Gasteiger partial charge >= 0.3 is 0 Å². The molecule has 3 aromatic rings. The van der Waals surface area contributed by atoms with Gasteiger partial charge in [0.15, 0.2) is 5.76 Å². The zero-order chi connectivity index (χ0) is 17.9. The highest BCUT2D eigenvalue weighted by molar-refractivity contribution is 7.07. The molecule has 1 saturated heterocycles. The number of nitrogens with zero attached hydrogens (tertiary/aromatic N) is 1. The van der Waals surface area contributed by atoms with Crippen LogP contribution < -0.4 is 4.90 Å². The average molecular weight is 371 g/mol. The van der Waals surface area contributed by atoms with Gasteiger partial charge in [0.2, 0.25) is 0 Å². The molecule has 1 amide bonds. The third kappa shape index (κ3) is 3.57. The molecule has 0 bridgehead atoms. The Bertz CT molecular complexity index is 883. The van der Waals surface area contributed by atoms with E-state index in [-0.39, 0.29) is 17.5 Å². The van der Waals surface area contributed by atoms with E-state index in [2.05, 4.69) is 16.8 Å². The Labute approximate surface area is 155 Å². The van der Waals surface area contributed by atoms with Crippen LogP contribution in [0.2, 0.25) is 0 Å². The molecule has 1 aliphatic heterocycles. The summed E-state index contributed by atoms with van der Waals surface area (Å²) in [5.41, 5.74) is 1.72. The van der Waals surface area contributed by atoms with Crippen LogP contribution in [0.5, 0.6) is 0 Å². The van der Waals surface area contributed by atoms with Gasteiger partial charge in [-0.2, -0.15) is 11.3 Å². The summed E-state index contributed by atoms with van der Waals surface area (Å²) in [7, 11) is 0. The van der Waals surface area contributed by atoms with E-state index >= 15 is 0 Å². The fraction of sp³-hybridized carbons (Fsp3) is 0.250. The summed E-state index contributed by atoms with van der Waals surface area (Å²) in [5, 5.41) is 4.27. The van der Waals surface area contributed by atoms with Crippen molar-refractivity contribution in [3.63, 3.8) is 0 Å². The fourth-order valence-electron chi connectivity index (χ4n) is 3.30. The molecular weight excluding hydrogens is 351 g/mol. The van der Waals surface area contributed by atoms with Crippen LogP contribution in [0.1, 0.15) is 16.1 Å². The zero-order valence-electron chi connectivity index (χ0n) is 14.3. The number of carbonyl (C=O) groups excluding carboxylic acids is 1. The van der Waals surface area contributed by atoms with Gasteiger partial charge in [-0.3, -0.25) is 4.79 Å². The number of quaternary nitrogens is 1. The van der Waals surface area contributed by atoms with Crippen LogP contribution in [0.4, 0.5) is 4.39 Å². The second-order valence-corrected chi connectivity index (χ2v) is 7.27. The number of benzene rings is 1. The topological polar surface area (TPSA) is 37.9 Å². The highest BCUT2D eigenvalue weighted by Crippen LogP contribution is 2.25. The van der Waals surface area contributed by atoms with Crippen molar-refractivity contribution >= 4 is 17.2 Å². The van der Waals surface area contributed by atoms with E-state index in [1.165, 1.54) is 16.5 Å². The Hall–Kier alpha value is -2.44. The fourth-order valence-corrected chi connectivity index (χ4v) is 3.97. The lowest BCUT2D eigenvalue weighted by atomic mass is 10.1. The largest absolute Gasteiger partial charge is 0.451 e. The van der Waals surface area contributed by atoms with E-state index in [4.69, 9.17) is 4.42 Å². The second kappa shape index (κ2) is 7.43. The van der Waals surface area contributed by atoms with Crippen molar-refractivity contribution in [1.29, 1.82) is 0 Å². The first-order valence-corrected chi connectivity index (χ1v) is 9.63. The Morgan fingerprint density at radius 3 is 2.69 bits per heavy atom. The Kier molecular flexibility index (Phi) is 4.86. The van der Waals surface area contributed by atoms with Gasteiger partial charge < -0.3 is 14.2 Å². The van der Waals surface area contributed by atoms with E-state index in [0.29, 0.717) is 24.4 Å². The van der Waals surface area contributed by atoms with Crippen LogP contribution in [0.3, 0.4) is 0 Å². The molecule has 1 fully saturated rings. The molecule has 0 unspecified atom stereocenters. The molecule has 134 valence electrons. The van der Waals surface area contributed by atoms with Crippen molar-refractivity contribution in [2.45, 2.75) is 6.54 Å². The van der Waals surface area contributed by atoms with Crippen molar-refractivity contribution in [2.24, 2.45) is 0 Å². The third-order valence-electron chi connectivity index (χ3n) is 4.75.